The molecule has 0 bridgehead atoms. The molecule has 1 aromatic rings. The van der Waals surface area contributed by atoms with Crippen molar-refractivity contribution in [3.8, 4) is 5.75 Å². The summed E-state index contributed by atoms with van der Waals surface area (Å²) < 4.78 is 5.41. The van der Waals surface area contributed by atoms with Gasteiger partial charge in [0.1, 0.15) is 5.75 Å². The number of ether oxygens (including phenoxy) is 1. The second-order valence-electron chi connectivity index (χ2n) is 3.28. The predicted octanol–water partition coefficient (Wildman–Crippen LogP) is 4.39. The molecule has 16 heavy (non-hydrogen) atoms. The average molecular weight is 282 g/mol. The molecular formula is C11H11Cl3O2. The minimum Gasteiger partial charge on any atom is -0.481 e. The molecule has 0 aliphatic heterocycles. The Balaban J connectivity index is 2.89. The van der Waals surface area contributed by atoms with Crippen LogP contribution in [0, 0.1) is 0 Å². The molecule has 5 heteroatoms. The molecule has 0 aromatic heterocycles. The van der Waals surface area contributed by atoms with E-state index in [1.165, 1.54) is 12.1 Å². The van der Waals surface area contributed by atoms with Crippen LogP contribution in [0.4, 0.5) is 0 Å². The molecule has 1 unspecified atom stereocenters. The standard InChI is InChI=1S/C11H11Cl3O2/c1-3-10(15)6(2)16-11-5-8(13)7(12)4-9(11)14/h4-6H,3H2,1-2H3. The zero-order valence-corrected chi connectivity index (χ0v) is 11.2. The topological polar surface area (TPSA) is 26.3 Å². The monoisotopic (exact) mass is 280 g/mol. The average Bonchev–Trinajstić information content (AvgIpc) is 2.24. The van der Waals surface area contributed by atoms with E-state index in [4.69, 9.17) is 39.5 Å². The first kappa shape index (κ1) is 13.6. The van der Waals surface area contributed by atoms with E-state index in [0.717, 1.165) is 0 Å². The first-order valence-electron chi connectivity index (χ1n) is 4.79. The van der Waals surface area contributed by atoms with Gasteiger partial charge in [0, 0.05) is 12.5 Å². The quantitative estimate of drug-likeness (QED) is 0.765. The summed E-state index contributed by atoms with van der Waals surface area (Å²) in [6.45, 7) is 3.45. The highest BCUT2D eigenvalue weighted by Crippen LogP contribution is 2.34. The second-order valence-corrected chi connectivity index (χ2v) is 4.50. The Labute approximate surface area is 109 Å². The van der Waals surface area contributed by atoms with Crippen molar-refractivity contribution in [3.63, 3.8) is 0 Å². The van der Waals surface area contributed by atoms with Crippen molar-refractivity contribution in [2.45, 2.75) is 26.4 Å². The molecule has 2 nitrogen and oxygen atoms in total. The molecule has 0 fully saturated rings. The summed E-state index contributed by atoms with van der Waals surface area (Å²) in [5, 5.41) is 1.04. The third kappa shape index (κ3) is 3.27. The highest BCUT2D eigenvalue weighted by Gasteiger charge is 2.15. The summed E-state index contributed by atoms with van der Waals surface area (Å²) in [5.74, 6) is 0.368. The number of ketones is 1. The van der Waals surface area contributed by atoms with Crippen molar-refractivity contribution in [2.75, 3.05) is 0 Å². The molecule has 0 heterocycles. The molecule has 0 aliphatic carbocycles. The van der Waals surface area contributed by atoms with E-state index < -0.39 is 6.10 Å². The first-order chi connectivity index (χ1) is 7.45. The van der Waals surface area contributed by atoms with Gasteiger partial charge in [-0.25, -0.2) is 0 Å². The molecule has 0 aliphatic rings. The van der Waals surface area contributed by atoms with Gasteiger partial charge in [0.05, 0.1) is 15.1 Å². The van der Waals surface area contributed by atoms with E-state index in [9.17, 15) is 4.79 Å². The van der Waals surface area contributed by atoms with Gasteiger partial charge in [-0.15, -0.1) is 0 Å². The summed E-state index contributed by atoms with van der Waals surface area (Å²) in [4.78, 5) is 11.4. The minimum atomic E-state index is -0.542. The number of Topliss-reactive ketones (excluding diaryl/α,β-unsaturated/α-hetero) is 1. The normalized spacial score (nSPS) is 12.3. The third-order valence-corrected chi connectivity index (χ3v) is 3.10. The van der Waals surface area contributed by atoms with Gasteiger partial charge >= 0.3 is 0 Å². The largest absolute Gasteiger partial charge is 0.481 e. The molecule has 0 spiro atoms. The van der Waals surface area contributed by atoms with Crippen LogP contribution in [0.1, 0.15) is 20.3 Å². The van der Waals surface area contributed by atoms with Gasteiger partial charge in [-0.3, -0.25) is 4.79 Å². The Morgan fingerprint density at radius 2 is 1.81 bits per heavy atom. The van der Waals surface area contributed by atoms with Gasteiger partial charge in [-0.05, 0) is 13.0 Å². The number of carbonyl (C=O) groups excluding carboxylic acids is 1. The molecule has 88 valence electrons. The molecule has 1 aromatic carbocycles. The van der Waals surface area contributed by atoms with Crippen molar-refractivity contribution >= 4 is 40.6 Å². The molecular weight excluding hydrogens is 270 g/mol. The molecule has 0 saturated carbocycles. The van der Waals surface area contributed by atoms with Crippen molar-refractivity contribution in [2.24, 2.45) is 0 Å². The van der Waals surface area contributed by atoms with Crippen molar-refractivity contribution < 1.29 is 9.53 Å². The van der Waals surface area contributed by atoms with Crippen LogP contribution >= 0.6 is 34.8 Å². The van der Waals surface area contributed by atoms with Crippen LogP contribution < -0.4 is 4.74 Å². The van der Waals surface area contributed by atoms with Crippen LogP contribution in [0.2, 0.25) is 15.1 Å². The van der Waals surface area contributed by atoms with Crippen LogP contribution in [-0.4, -0.2) is 11.9 Å². The van der Waals surface area contributed by atoms with E-state index >= 15 is 0 Å². The van der Waals surface area contributed by atoms with Gasteiger partial charge in [0.15, 0.2) is 11.9 Å². The SMILES string of the molecule is CCC(=O)C(C)Oc1cc(Cl)c(Cl)cc1Cl. The lowest BCUT2D eigenvalue weighted by molar-refractivity contribution is -0.124. The Bertz CT molecular complexity index is 404. The molecule has 0 saturated heterocycles. The Morgan fingerprint density at radius 3 is 2.38 bits per heavy atom. The number of rotatable bonds is 4. The minimum absolute atomic E-state index is 0.00198. The highest BCUT2D eigenvalue weighted by molar-refractivity contribution is 6.43. The summed E-state index contributed by atoms with van der Waals surface area (Å²) >= 11 is 17.5. The maximum absolute atomic E-state index is 11.4. The fraction of sp³-hybridized carbons (Fsp3) is 0.364. The van der Waals surface area contributed by atoms with Crippen LogP contribution in [0.3, 0.4) is 0 Å². The number of hydrogen-bond acceptors (Lipinski definition) is 2. The van der Waals surface area contributed by atoms with Crippen molar-refractivity contribution in [1.82, 2.24) is 0 Å². The zero-order valence-electron chi connectivity index (χ0n) is 8.89. The first-order valence-corrected chi connectivity index (χ1v) is 5.93. The summed E-state index contributed by atoms with van der Waals surface area (Å²) in [6.07, 6.45) is -0.125. The predicted molar refractivity (Wildman–Crippen MR) is 66.9 cm³/mol. The van der Waals surface area contributed by atoms with E-state index in [0.29, 0.717) is 27.2 Å². The lowest BCUT2D eigenvalue weighted by atomic mass is 10.2. The van der Waals surface area contributed by atoms with Crippen LogP contribution in [0.25, 0.3) is 0 Å². The van der Waals surface area contributed by atoms with Gasteiger partial charge in [-0.2, -0.15) is 0 Å². The van der Waals surface area contributed by atoms with Gasteiger partial charge in [0.2, 0.25) is 0 Å². The molecule has 0 radical (unpaired) electrons. The number of carbonyl (C=O) groups is 1. The molecule has 0 N–H and O–H groups in total. The lowest BCUT2D eigenvalue weighted by Crippen LogP contribution is -2.22. The third-order valence-electron chi connectivity index (χ3n) is 2.08. The maximum atomic E-state index is 11.4. The van der Waals surface area contributed by atoms with Crippen molar-refractivity contribution in [3.05, 3.63) is 27.2 Å². The molecule has 1 rings (SSSR count). The summed E-state index contributed by atoms with van der Waals surface area (Å²) in [7, 11) is 0. The van der Waals surface area contributed by atoms with E-state index in [1.807, 2.05) is 0 Å². The Kier molecular flexibility index (Phi) is 4.90. The molecule has 0 amide bonds. The summed E-state index contributed by atoms with van der Waals surface area (Å²) in [6, 6.07) is 3.00. The van der Waals surface area contributed by atoms with Gasteiger partial charge in [0.25, 0.3) is 0 Å². The number of hydrogen-bond donors (Lipinski definition) is 0. The highest BCUT2D eigenvalue weighted by atomic mass is 35.5. The van der Waals surface area contributed by atoms with Gasteiger partial charge < -0.3 is 4.74 Å². The van der Waals surface area contributed by atoms with E-state index in [-0.39, 0.29) is 5.78 Å². The fourth-order valence-corrected chi connectivity index (χ4v) is 1.72. The van der Waals surface area contributed by atoms with Crippen LogP contribution in [-0.2, 0) is 4.79 Å². The van der Waals surface area contributed by atoms with E-state index in [1.54, 1.807) is 13.8 Å². The number of halogens is 3. The Morgan fingerprint density at radius 1 is 1.25 bits per heavy atom. The van der Waals surface area contributed by atoms with Crippen molar-refractivity contribution in [1.29, 1.82) is 0 Å². The number of benzene rings is 1. The zero-order chi connectivity index (χ0) is 12.3. The lowest BCUT2D eigenvalue weighted by Gasteiger charge is -2.14. The molecule has 1 atom stereocenters. The smallest absolute Gasteiger partial charge is 0.172 e. The Hall–Kier alpha value is -0.440. The van der Waals surface area contributed by atoms with Gasteiger partial charge in [-0.1, -0.05) is 41.7 Å². The fourth-order valence-electron chi connectivity index (χ4n) is 1.14. The van der Waals surface area contributed by atoms with Crippen LogP contribution in [0.15, 0.2) is 12.1 Å². The maximum Gasteiger partial charge on any atom is 0.172 e. The summed E-state index contributed by atoms with van der Waals surface area (Å²) in [5.41, 5.74) is 0. The van der Waals surface area contributed by atoms with E-state index in [2.05, 4.69) is 0 Å². The van der Waals surface area contributed by atoms with Crippen LogP contribution in [0.5, 0.6) is 5.75 Å². The second kappa shape index (κ2) is 5.76.